The number of hydrogen-bond donors (Lipinski definition) is 2. The van der Waals surface area contributed by atoms with Crippen LogP contribution in [0.4, 0.5) is 11.6 Å². The molecule has 0 aliphatic carbocycles. The lowest BCUT2D eigenvalue weighted by atomic mass is 10.0. The number of piperidine rings is 1. The summed E-state index contributed by atoms with van der Waals surface area (Å²) >= 11 is 12.2. The number of aliphatic hydroxyl groups excluding tert-OH is 1. The minimum Gasteiger partial charge on any atom is -0.482 e. The molecule has 178 valence electrons. The van der Waals surface area contributed by atoms with E-state index in [4.69, 9.17) is 27.9 Å². The second-order valence-corrected chi connectivity index (χ2v) is 10.8. The van der Waals surface area contributed by atoms with Crippen LogP contribution in [0.1, 0.15) is 30.1 Å². The number of nitrogens with one attached hydrogen (secondary N) is 1. The maximum atomic E-state index is 13.5. The maximum Gasteiger partial charge on any atom is 0.305 e. The third kappa shape index (κ3) is 4.90. The van der Waals surface area contributed by atoms with Crippen LogP contribution in [0.3, 0.4) is 0 Å². The topological polar surface area (TPSA) is 112 Å². The van der Waals surface area contributed by atoms with Crippen LogP contribution in [0.5, 0.6) is 5.75 Å². The van der Waals surface area contributed by atoms with E-state index in [1.54, 1.807) is 18.2 Å². The van der Waals surface area contributed by atoms with Crippen molar-refractivity contribution in [1.82, 2.24) is 9.29 Å². The SMILES string of the molecule is C[C@H]1CCCN(S(=O)(=O)N2C[C@H](CO)Oc3ccc(NC(=O)c4c(Cl)cccc4Cl)nc32)C1. The number of carbonyl (C=O) groups is 1. The Labute approximate surface area is 202 Å². The van der Waals surface area contributed by atoms with Crippen LogP contribution in [0, 0.1) is 5.92 Å². The highest BCUT2D eigenvalue weighted by Crippen LogP contribution is 2.36. The monoisotopic (exact) mass is 514 g/mol. The summed E-state index contributed by atoms with van der Waals surface area (Å²) in [7, 11) is -3.93. The van der Waals surface area contributed by atoms with Crippen LogP contribution in [-0.4, -0.2) is 61.1 Å². The number of hydrogen-bond acceptors (Lipinski definition) is 6. The average Bonchev–Trinajstić information content (AvgIpc) is 2.78. The summed E-state index contributed by atoms with van der Waals surface area (Å²) in [6, 6.07) is 7.70. The number of ether oxygens (including phenoxy) is 1. The van der Waals surface area contributed by atoms with Crippen molar-refractivity contribution in [3.63, 3.8) is 0 Å². The van der Waals surface area contributed by atoms with Crippen LogP contribution in [0.2, 0.25) is 10.0 Å². The second kappa shape index (κ2) is 9.63. The Hall–Kier alpha value is -2.11. The fourth-order valence-corrected chi connectivity index (χ4v) is 6.31. The van der Waals surface area contributed by atoms with Crippen LogP contribution in [-0.2, 0) is 10.2 Å². The van der Waals surface area contributed by atoms with Gasteiger partial charge in [-0.25, -0.2) is 9.29 Å². The van der Waals surface area contributed by atoms with Gasteiger partial charge in [-0.05, 0) is 43.0 Å². The van der Waals surface area contributed by atoms with Crippen LogP contribution in [0.15, 0.2) is 30.3 Å². The molecule has 33 heavy (non-hydrogen) atoms. The van der Waals surface area contributed by atoms with E-state index in [-0.39, 0.29) is 52.1 Å². The van der Waals surface area contributed by atoms with Crippen molar-refractivity contribution in [2.45, 2.75) is 25.9 Å². The van der Waals surface area contributed by atoms with Crippen molar-refractivity contribution in [2.24, 2.45) is 5.92 Å². The highest BCUT2D eigenvalue weighted by Gasteiger charge is 2.39. The Morgan fingerprint density at radius 1 is 1.24 bits per heavy atom. The Morgan fingerprint density at radius 2 is 1.97 bits per heavy atom. The van der Waals surface area contributed by atoms with Gasteiger partial charge in [0.2, 0.25) is 0 Å². The van der Waals surface area contributed by atoms with Gasteiger partial charge in [-0.1, -0.05) is 36.2 Å². The summed E-state index contributed by atoms with van der Waals surface area (Å²) in [5.41, 5.74) is 0.0868. The first-order valence-electron chi connectivity index (χ1n) is 10.5. The predicted molar refractivity (Wildman–Crippen MR) is 126 cm³/mol. The summed E-state index contributed by atoms with van der Waals surface area (Å²) in [6.45, 7) is 2.37. The van der Waals surface area contributed by atoms with E-state index in [1.165, 1.54) is 16.4 Å². The second-order valence-electron chi connectivity index (χ2n) is 8.14. The summed E-state index contributed by atoms with van der Waals surface area (Å²) in [4.78, 5) is 17.1. The molecule has 2 aliphatic heterocycles. The van der Waals surface area contributed by atoms with E-state index in [9.17, 15) is 18.3 Å². The summed E-state index contributed by atoms with van der Waals surface area (Å²) < 4.78 is 35.3. The lowest BCUT2D eigenvalue weighted by molar-refractivity contribution is 0.102. The molecule has 1 aromatic carbocycles. The molecule has 2 N–H and O–H groups in total. The zero-order valence-corrected chi connectivity index (χ0v) is 20.2. The van der Waals surface area contributed by atoms with Gasteiger partial charge in [0.1, 0.15) is 11.9 Å². The van der Waals surface area contributed by atoms with Crippen LogP contribution >= 0.6 is 23.2 Å². The van der Waals surface area contributed by atoms with Gasteiger partial charge >= 0.3 is 10.2 Å². The molecular weight excluding hydrogens is 491 g/mol. The average molecular weight is 515 g/mol. The molecule has 1 saturated heterocycles. The van der Waals surface area contributed by atoms with Gasteiger partial charge in [-0.15, -0.1) is 0 Å². The van der Waals surface area contributed by atoms with Gasteiger partial charge in [0.05, 0.1) is 28.8 Å². The normalized spacial score (nSPS) is 21.3. The number of carbonyl (C=O) groups excluding carboxylic acids is 1. The lowest BCUT2D eigenvalue weighted by Gasteiger charge is -2.39. The number of halogens is 2. The number of aromatic nitrogens is 1. The third-order valence-corrected chi connectivity index (χ3v) is 8.09. The van der Waals surface area contributed by atoms with E-state index in [0.29, 0.717) is 13.1 Å². The smallest absolute Gasteiger partial charge is 0.305 e. The van der Waals surface area contributed by atoms with Crippen molar-refractivity contribution in [3.05, 3.63) is 45.9 Å². The van der Waals surface area contributed by atoms with Gasteiger partial charge < -0.3 is 15.2 Å². The van der Waals surface area contributed by atoms with Crippen molar-refractivity contribution in [2.75, 3.05) is 35.9 Å². The lowest BCUT2D eigenvalue weighted by Crippen LogP contribution is -2.53. The van der Waals surface area contributed by atoms with Gasteiger partial charge in [0, 0.05) is 13.1 Å². The Balaban J connectivity index is 1.67. The molecule has 9 nitrogen and oxygen atoms in total. The quantitative estimate of drug-likeness (QED) is 0.633. The van der Waals surface area contributed by atoms with Crippen molar-refractivity contribution in [3.8, 4) is 5.75 Å². The summed E-state index contributed by atoms with van der Waals surface area (Å²) in [6.07, 6.45) is 0.992. The minimum atomic E-state index is -3.93. The van der Waals surface area contributed by atoms with Crippen LogP contribution < -0.4 is 14.4 Å². The number of anilines is 2. The van der Waals surface area contributed by atoms with Gasteiger partial charge in [-0.2, -0.15) is 12.7 Å². The Bertz CT molecular complexity index is 1140. The van der Waals surface area contributed by atoms with Gasteiger partial charge in [0.15, 0.2) is 11.6 Å². The molecular formula is C21H24Cl2N4O5S. The van der Waals surface area contributed by atoms with Crippen molar-refractivity contribution in [1.29, 1.82) is 0 Å². The number of amides is 1. The number of pyridine rings is 1. The third-order valence-electron chi connectivity index (χ3n) is 5.60. The highest BCUT2D eigenvalue weighted by molar-refractivity contribution is 7.90. The predicted octanol–water partition coefficient (Wildman–Crippen LogP) is 3.18. The van der Waals surface area contributed by atoms with E-state index in [2.05, 4.69) is 10.3 Å². The van der Waals surface area contributed by atoms with Gasteiger partial charge in [-0.3, -0.25) is 4.79 Å². The fourth-order valence-electron chi connectivity index (χ4n) is 3.95. The molecule has 1 fully saturated rings. The molecule has 2 aliphatic rings. The van der Waals surface area contributed by atoms with E-state index < -0.39 is 22.2 Å². The molecule has 0 spiro atoms. The zero-order valence-electron chi connectivity index (χ0n) is 17.9. The summed E-state index contributed by atoms with van der Waals surface area (Å²) in [5, 5.41) is 12.6. The fraction of sp³-hybridized carbons (Fsp3) is 0.429. The van der Waals surface area contributed by atoms with E-state index in [1.807, 2.05) is 6.92 Å². The van der Waals surface area contributed by atoms with Gasteiger partial charge in [0.25, 0.3) is 5.91 Å². The molecule has 3 heterocycles. The molecule has 1 aromatic heterocycles. The first-order valence-corrected chi connectivity index (χ1v) is 12.7. The number of fused-ring (bicyclic) bond motifs is 1. The number of rotatable bonds is 5. The molecule has 0 bridgehead atoms. The maximum absolute atomic E-state index is 13.5. The Kier molecular flexibility index (Phi) is 7.01. The number of benzene rings is 1. The molecule has 4 rings (SSSR count). The standard InChI is InChI=1S/C21H24Cl2N4O5S/c1-13-4-3-9-26(10-13)33(30,31)27-11-14(12-28)32-17-7-8-18(24-20(17)27)25-21(29)19-15(22)5-2-6-16(19)23/h2,5-8,13-14,28H,3-4,9-12H2,1H3,(H,24,25,29)/t13-,14+/m0/s1. The number of nitrogens with zero attached hydrogens (tertiary/aromatic N) is 3. The molecule has 0 radical (unpaired) electrons. The molecule has 2 atom stereocenters. The Morgan fingerprint density at radius 3 is 2.64 bits per heavy atom. The molecule has 0 saturated carbocycles. The molecule has 12 heteroatoms. The van der Waals surface area contributed by atoms with E-state index in [0.717, 1.165) is 17.1 Å². The highest BCUT2D eigenvalue weighted by atomic mass is 35.5. The first-order chi connectivity index (χ1) is 15.7. The number of aliphatic hydroxyl groups is 1. The molecule has 0 unspecified atom stereocenters. The largest absolute Gasteiger partial charge is 0.482 e. The van der Waals surface area contributed by atoms with E-state index >= 15 is 0 Å². The minimum absolute atomic E-state index is 0.0426. The van der Waals surface area contributed by atoms with Crippen molar-refractivity contribution >= 4 is 51.0 Å². The van der Waals surface area contributed by atoms with Crippen molar-refractivity contribution < 1.29 is 23.1 Å². The zero-order chi connectivity index (χ0) is 23.8. The summed E-state index contributed by atoms with van der Waals surface area (Å²) in [5.74, 6) is 0.000544. The molecule has 2 aromatic rings. The molecule has 1 amide bonds. The van der Waals surface area contributed by atoms with Crippen LogP contribution in [0.25, 0.3) is 0 Å². The first kappa shape index (κ1) is 24.0.